The minimum absolute atomic E-state index is 0.00000887. The van der Waals surface area contributed by atoms with E-state index in [1.54, 1.807) is 0 Å². The van der Waals surface area contributed by atoms with Crippen molar-refractivity contribution in [1.29, 1.82) is 0 Å². The van der Waals surface area contributed by atoms with E-state index >= 15 is 0 Å². The lowest BCUT2D eigenvalue weighted by atomic mass is 9.86. The monoisotopic (exact) mass is 365 g/mol. The highest BCUT2D eigenvalue weighted by atomic mass is 16.2. The van der Waals surface area contributed by atoms with Crippen LogP contribution < -0.4 is 5.32 Å². The molecule has 27 heavy (non-hydrogen) atoms. The van der Waals surface area contributed by atoms with Gasteiger partial charge in [-0.1, -0.05) is 69.3 Å². The van der Waals surface area contributed by atoms with Gasteiger partial charge in [0.25, 0.3) is 0 Å². The van der Waals surface area contributed by atoms with E-state index in [0.29, 0.717) is 0 Å². The Morgan fingerprint density at radius 3 is 2.22 bits per heavy atom. The maximum Gasteiger partial charge on any atom is 0.321 e. The van der Waals surface area contributed by atoms with Crippen LogP contribution in [0, 0.1) is 0 Å². The minimum atomic E-state index is 0.00000887. The maximum atomic E-state index is 12.7. The van der Waals surface area contributed by atoms with Crippen LogP contribution in [0.15, 0.2) is 54.6 Å². The molecular weight excluding hydrogens is 334 g/mol. The lowest BCUT2D eigenvalue weighted by Gasteiger charge is -2.35. The highest BCUT2D eigenvalue weighted by molar-refractivity contribution is 5.90. The Labute approximate surface area is 163 Å². The van der Waals surface area contributed by atoms with Gasteiger partial charge in [0, 0.05) is 38.4 Å². The number of piperazine rings is 1. The van der Waals surface area contributed by atoms with Crippen molar-refractivity contribution in [3.05, 3.63) is 65.7 Å². The molecule has 2 aromatic rings. The zero-order valence-electron chi connectivity index (χ0n) is 16.7. The van der Waals surface area contributed by atoms with Crippen LogP contribution in [0.2, 0.25) is 0 Å². The van der Waals surface area contributed by atoms with Crippen LogP contribution in [-0.4, -0.2) is 48.6 Å². The quantitative estimate of drug-likeness (QED) is 0.873. The van der Waals surface area contributed by atoms with Crippen molar-refractivity contribution in [2.24, 2.45) is 0 Å². The molecular formula is C23H31N3O. The second-order valence-electron chi connectivity index (χ2n) is 8.29. The Morgan fingerprint density at radius 1 is 0.926 bits per heavy atom. The third-order valence-corrected chi connectivity index (χ3v) is 5.20. The van der Waals surface area contributed by atoms with Gasteiger partial charge in [0.05, 0.1) is 0 Å². The van der Waals surface area contributed by atoms with Gasteiger partial charge in [-0.3, -0.25) is 4.90 Å². The highest BCUT2D eigenvalue weighted by Gasteiger charge is 2.23. The molecule has 0 unspecified atom stereocenters. The Hall–Kier alpha value is -2.33. The predicted molar refractivity (Wildman–Crippen MR) is 112 cm³/mol. The van der Waals surface area contributed by atoms with Crippen molar-refractivity contribution >= 4 is 11.7 Å². The van der Waals surface area contributed by atoms with Crippen molar-refractivity contribution in [3.8, 4) is 0 Å². The number of nitrogens with one attached hydrogen (secondary N) is 1. The van der Waals surface area contributed by atoms with E-state index in [1.807, 2.05) is 23.1 Å². The van der Waals surface area contributed by atoms with Gasteiger partial charge in [-0.05, 0) is 29.0 Å². The molecule has 144 valence electrons. The van der Waals surface area contributed by atoms with Crippen molar-refractivity contribution in [3.63, 3.8) is 0 Å². The molecule has 0 saturated carbocycles. The van der Waals surface area contributed by atoms with Crippen LogP contribution in [-0.2, 0) is 11.8 Å². The number of carbonyl (C=O) groups excluding carboxylic acids is 1. The standard InChI is InChI=1S/C23H31N3O/c1-23(2,3)20-11-7-8-12-21(20)24-22(27)26-17-15-25(16-18-26)14-13-19-9-5-4-6-10-19/h4-12H,13-18H2,1-3H3,(H,24,27). The molecule has 0 spiro atoms. The zero-order valence-corrected chi connectivity index (χ0v) is 16.7. The second kappa shape index (κ2) is 8.57. The van der Waals surface area contributed by atoms with Gasteiger partial charge in [0.1, 0.15) is 0 Å². The molecule has 4 heteroatoms. The van der Waals surface area contributed by atoms with Crippen molar-refractivity contribution in [1.82, 2.24) is 9.80 Å². The first-order valence-electron chi connectivity index (χ1n) is 9.85. The number of para-hydroxylation sites is 1. The minimum Gasteiger partial charge on any atom is -0.322 e. The molecule has 0 atom stereocenters. The van der Waals surface area contributed by atoms with Crippen molar-refractivity contribution in [2.75, 3.05) is 38.0 Å². The van der Waals surface area contributed by atoms with E-state index < -0.39 is 0 Å². The number of rotatable bonds is 4. The number of hydrogen-bond donors (Lipinski definition) is 1. The van der Waals surface area contributed by atoms with Crippen LogP contribution in [0.4, 0.5) is 10.5 Å². The van der Waals surface area contributed by atoms with Crippen LogP contribution >= 0.6 is 0 Å². The summed E-state index contributed by atoms with van der Waals surface area (Å²) in [7, 11) is 0. The smallest absolute Gasteiger partial charge is 0.321 e. The van der Waals surface area contributed by atoms with E-state index in [-0.39, 0.29) is 11.4 Å². The average Bonchev–Trinajstić information content (AvgIpc) is 2.67. The summed E-state index contributed by atoms with van der Waals surface area (Å²) >= 11 is 0. The largest absolute Gasteiger partial charge is 0.322 e. The van der Waals surface area contributed by atoms with E-state index in [1.165, 1.54) is 11.1 Å². The van der Waals surface area contributed by atoms with E-state index in [2.05, 4.69) is 67.4 Å². The fraction of sp³-hybridized carbons (Fsp3) is 0.435. The Kier molecular flexibility index (Phi) is 6.17. The molecule has 1 heterocycles. The van der Waals surface area contributed by atoms with Crippen molar-refractivity contribution < 1.29 is 4.79 Å². The number of hydrogen-bond acceptors (Lipinski definition) is 2. The third kappa shape index (κ3) is 5.33. The summed E-state index contributed by atoms with van der Waals surface area (Å²) in [5, 5.41) is 3.13. The van der Waals surface area contributed by atoms with Gasteiger partial charge >= 0.3 is 6.03 Å². The summed E-state index contributed by atoms with van der Waals surface area (Å²) in [6.45, 7) is 11.0. The molecule has 0 aromatic heterocycles. The number of nitrogens with zero attached hydrogens (tertiary/aromatic N) is 2. The molecule has 1 aliphatic rings. The fourth-order valence-corrected chi connectivity index (χ4v) is 3.55. The van der Waals surface area contributed by atoms with E-state index in [0.717, 1.165) is 44.8 Å². The molecule has 2 aromatic carbocycles. The topological polar surface area (TPSA) is 35.6 Å². The van der Waals surface area contributed by atoms with Gasteiger partial charge in [-0.15, -0.1) is 0 Å². The molecule has 1 aliphatic heterocycles. The number of carbonyl (C=O) groups is 1. The summed E-state index contributed by atoms with van der Waals surface area (Å²) in [6.07, 6.45) is 1.06. The Balaban J connectivity index is 1.51. The summed E-state index contributed by atoms with van der Waals surface area (Å²) in [4.78, 5) is 17.1. The van der Waals surface area contributed by atoms with Crippen LogP contribution in [0.5, 0.6) is 0 Å². The molecule has 1 N–H and O–H groups in total. The lowest BCUT2D eigenvalue weighted by Crippen LogP contribution is -2.50. The molecule has 3 rings (SSSR count). The highest BCUT2D eigenvalue weighted by Crippen LogP contribution is 2.29. The average molecular weight is 366 g/mol. The summed E-state index contributed by atoms with van der Waals surface area (Å²) in [5.74, 6) is 0. The van der Waals surface area contributed by atoms with Crippen molar-refractivity contribution in [2.45, 2.75) is 32.6 Å². The molecule has 2 amide bonds. The van der Waals surface area contributed by atoms with Gasteiger partial charge in [-0.25, -0.2) is 4.79 Å². The molecule has 0 bridgehead atoms. The molecule has 1 fully saturated rings. The normalized spacial score (nSPS) is 15.6. The zero-order chi connectivity index (χ0) is 19.3. The number of anilines is 1. The van der Waals surface area contributed by atoms with Crippen LogP contribution in [0.1, 0.15) is 31.9 Å². The third-order valence-electron chi connectivity index (χ3n) is 5.20. The van der Waals surface area contributed by atoms with Gasteiger partial charge < -0.3 is 10.2 Å². The molecule has 0 radical (unpaired) electrons. The molecule has 0 aliphatic carbocycles. The second-order valence-corrected chi connectivity index (χ2v) is 8.29. The first-order chi connectivity index (χ1) is 12.9. The maximum absolute atomic E-state index is 12.7. The SMILES string of the molecule is CC(C)(C)c1ccccc1NC(=O)N1CCN(CCc2ccccc2)CC1. The van der Waals surface area contributed by atoms with Gasteiger partial charge in [0.15, 0.2) is 0 Å². The molecule has 4 nitrogen and oxygen atoms in total. The Bertz CT molecular complexity index is 744. The first-order valence-corrected chi connectivity index (χ1v) is 9.85. The first kappa shape index (κ1) is 19.4. The molecule has 1 saturated heterocycles. The van der Waals surface area contributed by atoms with E-state index in [4.69, 9.17) is 0 Å². The number of benzene rings is 2. The van der Waals surface area contributed by atoms with E-state index in [9.17, 15) is 4.79 Å². The predicted octanol–water partition coefficient (Wildman–Crippen LogP) is 4.38. The Morgan fingerprint density at radius 2 is 1.56 bits per heavy atom. The van der Waals surface area contributed by atoms with Gasteiger partial charge in [0.2, 0.25) is 0 Å². The number of urea groups is 1. The number of amides is 2. The summed E-state index contributed by atoms with van der Waals surface area (Å²) < 4.78 is 0. The van der Waals surface area contributed by atoms with Crippen LogP contribution in [0.3, 0.4) is 0 Å². The fourth-order valence-electron chi connectivity index (χ4n) is 3.55. The summed E-state index contributed by atoms with van der Waals surface area (Å²) in [6, 6.07) is 18.7. The van der Waals surface area contributed by atoms with Crippen LogP contribution in [0.25, 0.3) is 0 Å². The lowest BCUT2D eigenvalue weighted by molar-refractivity contribution is 0.148. The van der Waals surface area contributed by atoms with Gasteiger partial charge in [-0.2, -0.15) is 0 Å². The summed E-state index contributed by atoms with van der Waals surface area (Å²) in [5.41, 5.74) is 3.46.